The number of aliphatic hydroxyl groups excluding tert-OH is 2. The molecule has 5 N–H and O–H groups in total. The number of phenolic OH excluding ortho intramolecular Hbond substituents is 1. The number of hydrogen-bond donors (Lipinski definition) is 4. The maximum atomic E-state index is 13.0. The van der Waals surface area contributed by atoms with Crippen molar-refractivity contribution in [2.45, 2.75) is 39.0 Å². The molecule has 0 saturated carbocycles. The summed E-state index contributed by atoms with van der Waals surface area (Å²) in [7, 11) is 0. The molecule has 1 heterocycles. The summed E-state index contributed by atoms with van der Waals surface area (Å²) >= 11 is 0. The highest BCUT2D eigenvalue weighted by molar-refractivity contribution is 6.03. The molecule has 176 valence electrons. The Morgan fingerprint density at radius 2 is 1.97 bits per heavy atom. The zero-order valence-electron chi connectivity index (χ0n) is 18.7. The zero-order chi connectivity index (χ0) is 24.1. The SMILES string of the molecule is Cc1ccnc(-c2ccc(O)c3c2CC(CC(CCO)C(CO)C(=O)CC(N)=O)CC3=O)c1. The molecule has 1 aliphatic rings. The number of nitrogens with zero attached hydrogens (tertiary/aromatic N) is 1. The quantitative estimate of drug-likeness (QED) is 0.401. The van der Waals surface area contributed by atoms with Crippen molar-refractivity contribution in [1.82, 2.24) is 4.98 Å². The molecule has 8 heteroatoms. The van der Waals surface area contributed by atoms with Crippen molar-refractivity contribution in [3.63, 3.8) is 0 Å². The summed E-state index contributed by atoms with van der Waals surface area (Å²) in [6.07, 6.45) is 2.52. The van der Waals surface area contributed by atoms with Crippen LogP contribution in [0.5, 0.6) is 5.75 Å². The van der Waals surface area contributed by atoms with Gasteiger partial charge in [0, 0.05) is 30.7 Å². The maximum absolute atomic E-state index is 13.0. The van der Waals surface area contributed by atoms with Gasteiger partial charge in [-0.1, -0.05) is 0 Å². The number of fused-ring (bicyclic) bond motifs is 1. The number of primary amides is 1. The third-order valence-electron chi connectivity index (χ3n) is 6.39. The fourth-order valence-electron chi connectivity index (χ4n) is 4.87. The number of rotatable bonds is 10. The van der Waals surface area contributed by atoms with Crippen molar-refractivity contribution in [1.29, 1.82) is 0 Å². The van der Waals surface area contributed by atoms with Crippen molar-refractivity contribution >= 4 is 17.5 Å². The van der Waals surface area contributed by atoms with Crippen LogP contribution >= 0.6 is 0 Å². The fraction of sp³-hybridized carbons (Fsp3) is 0.440. The third-order valence-corrected chi connectivity index (χ3v) is 6.39. The Balaban J connectivity index is 1.92. The van der Waals surface area contributed by atoms with E-state index in [1.807, 2.05) is 19.1 Å². The number of ketones is 2. The molecule has 3 rings (SSSR count). The van der Waals surface area contributed by atoms with E-state index in [9.17, 15) is 29.7 Å². The number of nitrogens with two attached hydrogens (primary N) is 1. The van der Waals surface area contributed by atoms with Gasteiger partial charge in [0.05, 0.1) is 24.3 Å². The first kappa shape index (κ1) is 24.5. The summed E-state index contributed by atoms with van der Waals surface area (Å²) in [5.41, 5.74) is 8.65. The first-order valence-corrected chi connectivity index (χ1v) is 11.1. The van der Waals surface area contributed by atoms with E-state index < -0.39 is 36.6 Å². The summed E-state index contributed by atoms with van der Waals surface area (Å²) in [5, 5.41) is 29.8. The maximum Gasteiger partial charge on any atom is 0.224 e. The van der Waals surface area contributed by atoms with Gasteiger partial charge in [0.15, 0.2) is 5.78 Å². The molecule has 1 aromatic heterocycles. The normalized spacial score (nSPS) is 17.3. The fourth-order valence-corrected chi connectivity index (χ4v) is 4.87. The summed E-state index contributed by atoms with van der Waals surface area (Å²) in [6.45, 7) is 1.29. The lowest BCUT2D eigenvalue weighted by Gasteiger charge is -2.31. The van der Waals surface area contributed by atoms with Gasteiger partial charge in [-0.15, -0.1) is 0 Å². The molecular formula is C25H30N2O6. The number of pyridine rings is 1. The molecule has 1 aromatic carbocycles. The standard InChI is InChI=1S/C25H30N2O6/c1-14-4-6-27-20(8-14)17-2-3-21(30)25-18(17)10-15(11-23(25)32)9-16(5-7-28)19(13-29)22(31)12-24(26)33/h2-4,6,8,15-16,19,28-30H,5,7,9-13H2,1H3,(H2,26,33). The molecular weight excluding hydrogens is 424 g/mol. The van der Waals surface area contributed by atoms with E-state index in [0.29, 0.717) is 29.7 Å². The van der Waals surface area contributed by atoms with E-state index in [-0.39, 0.29) is 36.9 Å². The lowest BCUT2D eigenvalue weighted by molar-refractivity contribution is -0.131. The highest BCUT2D eigenvalue weighted by atomic mass is 16.3. The van der Waals surface area contributed by atoms with Gasteiger partial charge in [0.25, 0.3) is 0 Å². The monoisotopic (exact) mass is 454 g/mol. The second-order valence-electron chi connectivity index (χ2n) is 8.81. The number of aliphatic hydroxyl groups is 2. The molecule has 2 aromatic rings. The number of aryl methyl sites for hydroxylation is 1. The molecule has 0 fully saturated rings. The van der Waals surface area contributed by atoms with Crippen LogP contribution in [0.25, 0.3) is 11.3 Å². The lowest BCUT2D eigenvalue weighted by atomic mass is 9.72. The number of benzene rings is 1. The van der Waals surface area contributed by atoms with Crippen LogP contribution in [0.3, 0.4) is 0 Å². The Hall–Kier alpha value is -3.10. The van der Waals surface area contributed by atoms with Crippen LogP contribution < -0.4 is 5.73 Å². The number of carbonyl (C=O) groups excluding carboxylic acids is 3. The van der Waals surface area contributed by atoms with Gasteiger partial charge in [0.1, 0.15) is 11.5 Å². The van der Waals surface area contributed by atoms with Crippen LogP contribution in [0.1, 0.15) is 47.2 Å². The Morgan fingerprint density at radius 1 is 1.21 bits per heavy atom. The van der Waals surface area contributed by atoms with Crippen molar-refractivity contribution in [3.05, 3.63) is 47.2 Å². The smallest absolute Gasteiger partial charge is 0.224 e. The van der Waals surface area contributed by atoms with Gasteiger partial charge >= 0.3 is 0 Å². The molecule has 0 bridgehead atoms. The summed E-state index contributed by atoms with van der Waals surface area (Å²) in [5.74, 6) is -2.92. The van der Waals surface area contributed by atoms with Crippen LogP contribution in [0.4, 0.5) is 0 Å². The average Bonchev–Trinajstić information content (AvgIpc) is 2.73. The van der Waals surface area contributed by atoms with Gasteiger partial charge in [-0.3, -0.25) is 19.4 Å². The van der Waals surface area contributed by atoms with E-state index >= 15 is 0 Å². The molecule has 3 atom stereocenters. The number of hydrogen-bond acceptors (Lipinski definition) is 7. The van der Waals surface area contributed by atoms with E-state index in [1.54, 1.807) is 12.3 Å². The zero-order valence-corrected chi connectivity index (χ0v) is 18.7. The third kappa shape index (κ3) is 5.64. The summed E-state index contributed by atoms with van der Waals surface area (Å²) in [6, 6.07) is 7.06. The second kappa shape index (κ2) is 10.7. The number of carbonyl (C=O) groups is 3. The summed E-state index contributed by atoms with van der Waals surface area (Å²) < 4.78 is 0. The Morgan fingerprint density at radius 3 is 2.61 bits per heavy atom. The topological polar surface area (TPSA) is 151 Å². The van der Waals surface area contributed by atoms with Crippen LogP contribution in [-0.2, 0) is 16.0 Å². The highest BCUT2D eigenvalue weighted by Crippen LogP contribution is 2.40. The van der Waals surface area contributed by atoms with Gasteiger partial charge in [-0.25, -0.2) is 0 Å². The van der Waals surface area contributed by atoms with Crippen LogP contribution in [0.15, 0.2) is 30.5 Å². The largest absolute Gasteiger partial charge is 0.507 e. The summed E-state index contributed by atoms with van der Waals surface area (Å²) in [4.78, 5) is 41.1. The Bertz CT molecular complexity index is 1050. The molecule has 1 amide bonds. The second-order valence-corrected chi connectivity index (χ2v) is 8.81. The predicted molar refractivity (Wildman–Crippen MR) is 121 cm³/mol. The van der Waals surface area contributed by atoms with E-state index in [0.717, 1.165) is 11.1 Å². The number of aromatic hydroxyl groups is 1. The van der Waals surface area contributed by atoms with Crippen molar-refractivity contribution in [2.24, 2.45) is 23.5 Å². The molecule has 0 radical (unpaired) electrons. The minimum absolute atomic E-state index is 0.0679. The molecule has 8 nitrogen and oxygen atoms in total. The number of aromatic nitrogens is 1. The van der Waals surface area contributed by atoms with Gasteiger partial charge in [0.2, 0.25) is 5.91 Å². The Kier molecular flexibility index (Phi) is 7.94. The van der Waals surface area contributed by atoms with Gasteiger partial charge < -0.3 is 21.1 Å². The molecule has 3 unspecified atom stereocenters. The van der Waals surface area contributed by atoms with Crippen molar-refractivity contribution in [2.75, 3.05) is 13.2 Å². The molecule has 33 heavy (non-hydrogen) atoms. The Labute approximate surface area is 192 Å². The first-order chi connectivity index (χ1) is 15.7. The molecule has 1 aliphatic carbocycles. The minimum Gasteiger partial charge on any atom is -0.507 e. The number of amides is 1. The predicted octanol–water partition coefficient (Wildman–Crippen LogP) is 1.95. The van der Waals surface area contributed by atoms with Crippen molar-refractivity contribution < 1.29 is 29.7 Å². The minimum atomic E-state index is -0.844. The van der Waals surface area contributed by atoms with Gasteiger partial charge in [-0.2, -0.15) is 0 Å². The average molecular weight is 455 g/mol. The van der Waals surface area contributed by atoms with Gasteiger partial charge in [-0.05, 0) is 73.4 Å². The lowest BCUT2D eigenvalue weighted by Crippen LogP contribution is -2.33. The van der Waals surface area contributed by atoms with Crippen molar-refractivity contribution in [3.8, 4) is 17.0 Å². The van der Waals surface area contributed by atoms with Crippen LogP contribution in [0.2, 0.25) is 0 Å². The molecule has 0 spiro atoms. The highest BCUT2D eigenvalue weighted by Gasteiger charge is 2.35. The van der Waals surface area contributed by atoms with E-state index in [2.05, 4.69) is 4.98 Å². The van der Waals surface area contributed by atoms with E-state index in [4.69, 9.17) is 5.73 Å². The van der Waals surface area contributed by atoms with Crippen LogP contribution in [0, 0.1) is 24.7 Å². The van der Waals surface area contributed by atoms with E-state index in [1.165, 1.54) is 6.07 Å². The molecule has 0 saturated heterocycles. The first-order valence-electron chi connectivity index (χ1n) is 11.1. The molecule has 0 aliphatic heterocycles. The number of Topliss-reactive ketones (excluding diaryl/α,β-unsaturated/α-hetero) is 2. The van der Waals surface area contributed by atoms with Crippen LogP contribution in [-0.4, -0.2) is 51.0 Å². The number of phenols is 1.